The predicted octanol–water partition coefficient (Wildman–Crippen LogP) is 3.52. The second-order valence-electron chi connectivity index (χ2n) is 7.72. The molecular weight excluding hydrogens is 362 g/mol. The fourth-order valence-electron chi connectivity index (χ4n) is 4.85. The van der Waals surface area contributed by atoms with Crippen LogP contribution in [0.2, 0.25) is 0 Å². The molecule has 4 heterocycles. The van der Waals surface area contributed by atoms with E-state index in [1.807, 2.05) is 78.8 Å². The lowest BCUT2D eigenvalue weighted by atomic mass is 9.86. The zero-order valence-electron chi connectivity index (χ0n) is 16.0. The third-order valence-corrected chi connectivity index (χ3v) is 6.30. The highest BCUT2D eigenvalue weighted by Gasteiger charge is 2.58. The van der Waals surface area contributed by atoms with Crippen LogP contribution < -0.4 is 4.90 Å². The third kappa shape index (κ3) is 1.89. The predicted molar refractivity (Wildman–Crippen MR) is 111 cm³/mol. The summed E-state index contributed by atoms with van der Waals surface area (Å²) in [5.74, 6) is 0.527. The minimum Gasteiger partial charge on any atom is -0.355 e. The maximum Gasteiger partial charge on any atom is 0.262 e. The van der Waals surface area contributed by atoms with Crippen molar-refractivity contribution in [1.82, 2.24) is 9.80 Å². The van der Waals surface area contributed by atoms with Gasteiger partial charge in [-0.15, -0.1) is 0 Å². The van der Waals surface area contributed by atoms with Gasteiger partial charge < -0.3 is 9.80 Å². The average Bonchev–Trinajstić information content (AvgIpc) is 3.02. The first-order chi connectivity index (χ1) is 14.2. The van der Waals surface area contributed by atoms with Crippen molar-refractivity contribution in [1.29, 1.82) is 0 Å². The van der Waals surface area contributed by atoms with Crippen LogP contribution in [0.5, 0.6) is 0 Å². The zero-order chi connectivity index (χ0) is 19.8. The highest BCUT2D eigenvalue weighted by atomic mass is 16.2. The van der Waals surface area contributed by atoms with Crippen LogP contribution in [0.3, 0.4) is 0 Å². The van der Waals surface area contributed by atoms with Gasteiger partial charge in [-0.2, -0.15) is 0 Å². The van der Waals surface area contributed by atoms with Crippen molar-refractivity contribution in [2.45, 2.75) is 19.0 Å². The molecule has 4 aliphatic rings. The fraction of sp³-hybridized carbons (Fsp3) is 0.167. The molecule has 0 unspecified atom stereocenters. The van der Waals surface area contributed by atoms with E-state index in [0.29, 0.717) is 23.5 Å². The molecular formula is C24H19N3O2. The summed E-state index contributed by atoms with van der Waals surface area (Å²) in [6, 6.07) is 15.6. The van der Waals surface area contributed by atoms with Gasteiger partial charge in [-0.3, -0.25) is 14.5 Å². The maximum absolute atomic E-state index is 13.9. The number of fused-ring (bicyclic) bond motifs is 5. The first kappa shape index (κ1) is 16.4. The summed E-state index contributed by atoms with van der Waals surface area (Å²) in [5, 5.41) is 0. The van der Waals surface area contributed by atoms with Gasteiger partial charge in [0.1, 0.15) is 5.82 Å². The lowest BCUT2D eigenvalue weighted by molar-refractivity contribution is -0.117. The van der Waals surface area contributed by atoms with Crippen LogP contribution in [0.25, 0.3) is 5.57 Å². The average molecular weight is 381 g/mol. The first-order valence-electron chi connectivity index (χ1n) is 9.88. The number of ketones is 1. The molecule has 29 heavy (non-hydrogen) atoms. The molecule has 0 atom stereocenters. The van der Waals surface area contributed by atoms with Crippen LogP contribution in [0.15, 0.2) is 78.9 Å². The lowest BCUT2D eigenvalue weighted by Gasteiger charge is -2.44. The first-order valence-corrected chi connectivity index (χ1v) is 9.88. The topological polar surface area (TPSA) is 43.9 Å². The van der Waals surface area contributed by atoms with Gasteiger partial charge in [-0.1, -0.05) is 36.4 Å². The molecule has 5 nitrogen and oxygen atoms in total. The van der Waals surface area contributed by atoms with Crippen molar-refractivity contribution in [2.24, 2.45) is 0 Å². The van der Waals surface area contributed by atoms with Gasteiger partial charge in [0.15, 0.2) is 5.54 Å². The molecule has 142 valence electrons. The number of carbonyl (C=O) groups is 2. The molecule has 0 radical (unpaired) electrons. The summed E-state index contributed by atoms with van der Waals surface area (Å²) < 4.78 is 0. The fourth-order valence-corrected chi connectivity index (χ4v) is 4.85. The van der Waals surface area contributed by atoms with Crippen LogP contribution in [0.1, 0.15) is 28.4 Å². The second kappa shape index (κ2) is 5.47. The molecule has 2 aromatic carbocycles. The molecule has 2 aromatic rings. The Morgan fingerprint density at radius 3 is 2.38 bits per heavy atom. The summed E-state index contributed by atoms with van der Waals surface area (Å²) >= 11 is 0. The number of Topliss-reactive ketones (excluding diaryl/α,β-unsaturated/α-hetero) is 1. The minimum atomic E-state index is -1.11. The highest BCUT2D eigenvalue weighted by molar-refractivity contribution is 6.33. The Bertz CT molecular complexity index is 1180. The summed E-state index contributed by atoms with van der Waals surface area (Å²) in [4.78, 5) is 33.4. The van der Waals surface area contributed by atoms with Crippen molar-refractivity contribution < 1.29 is 9.59 Å². The van der Waals surface area contributed by atoms with Crippen LogP contribution in [0, 0.1) is 0 Å². The molecule has 6 rings (SSSR count). The number of hydrogen-bond donors (Lipinski definition) is 0. The molecule has 0 saturated heterocycles. The van der Waals surface area contributed by atoms with Crippen molar-refractivity contribution in [3.63, 3.8) is 0 Å². The largest absolute Gasteiger partial charge is 0.355 e. The highest BCUT2D eigenvalue weighted by Crippen LogP contribution is 2.51. The monoisotopic (exact) mass is 381 g/mol. The summed E-state index contributed by atoms with van der Waals surface area (Å²) in [7, 11) is 0. The third-order valence-electron chi connectivity index (χ3n) is 6.30. The number of rotatable bonds is 1. The van der Waals surface area contributed by atoms with Crippen LogP contribution in [-0.2, 0) is 11.3 Å². The molecule has 4 aliphatic heterocycles. The normalized spacial score (nSPS) is 20.4. The van der Waals surface area contributed by atoms with Crippen LogP contribution in [-0.4, -0.2) is 33.6 Å². The van der Waals surface area contributed by atoms with E-state index in [1.54, 1.807) is 4.90 Å². The Kier molecular flexibility index (Phi) is 3.09. The molecule has 0 saturated carbocycles. The number of carbonyl (C=O) groups excluding carboxylic acids is 2. The van der Waals surface area contributed by atoms with Gasteiger partial charge >= 0.3 is 0 Å². The molecule has 5 heteroatoms. The number of anilines is 1. The Labute approximate surface area is 168 Å². The Hall–Kier alpha value is -3.60. The molecule has 0 N–H and O–H groups in total. The van der Waals surface area contributed by atoms with Gasteiger partial charge in [0.2, 0.25) is 5.78 Å². The standard InChI is InChI=1S/C24H19N3O2/c1-2-25-13-11-24(12-14-25)21(28)20-17-8-4-3-7-16(17)15-26-19-10-6-5-9-18(19)23(29)27(24)22(20)26/h3-14H,2,15H2,1H3. The van der Waals surface area contributed by atoms with Crippen molar-refractivity contribution >= 4 is 23.0 Å². The Balaban J connectivity index is 1.66. The quantitative estimate of drug-likeness (QED) is 0.758. The zero-order valence-corrected chi connectivity index (χ0v) is 16.0. The molecule has 0 aromatic heterocycles. The van der Waals surface area contributed by atoms with Crippen molar-refractivity contribution in [2.75, 3.05) is 11.4 Å². The van der Waals surface area contributed by atoms with Gasteiger partial charge in [-0.05, 0) is 42.3 Å². The number of hydrogen-bond acceptors (Lipinski definition) is 4. The molecule has 1 spiro atoms. The summed E-state index contributed by atoms with van der Waals surface area (Å²) in [6.07, 6.45) is 7.54. The number of benzene rings is 2. The smallest absolute Gasteiger partial charge is 0.262 e. The van der Waals surface area contributed by atoms with Crippen LogP contribution >= 0.6 is 0 Å². The molecule has 0 fully saturated rings. The van der Waals surface area contributed by atoms with Crippen LogP contribution in [0.4, 0.5) is 5.69 Å². The van der Waals surface area contributed by atoms with Gasteiger partial charge in [0.05, 0.1) is 23.4 Å². The summed E-state index contributed by atoms with van der Waals surface area (Å²) in [5.41, 5.74) is 3.03. The van der Waals surface area contributed by atoms with E-state index in [4.69, 9.17) is 0 Å². The van der Waals surface area contributed by atoms with E-state index in [2.05, 4.69) is 11.0 Å². The van der Waals surface area contributed by atoms with E-state index >= 15 is 0 Å². The molecule has 0 bridgehead atoms. The second-order valence-corrected chi connectivity index (χ2v) is 7.72. The van der Waals surface area contributed by atoms with E-state index in [1.165, 1.54) is 0 Å². The summed E-state index contributed by atoms with van der Waals surface area (Å²) in [6.45, 7) is 3.48. The Morgan fingerprint density at radius 1 is 0.931 bits per heavy atom. The SMILES string of the molecule is CCN1C=CC2(C=C1)C(=O)C1=C3N(Cc4ccccc41)c1ccccc1C(=O)N32. The number of nitrogens with zero attached hydrogens (tertiary/aromatic N) is 3. The van der Waals surface area contributed by atoms with E-state index in [9.17, 15) is 9.59 Å². The van der Waals surface area contributed by atoms with Gasteiger partial charge in [0.25, 0.3) is 5.91 Å². The molecule has 0 aliphatic carbocycles. The number of amides is 1. The van der Waals surface area contributed by atoms with Crippen molar-refractivity contribution in [3.8, 4) is 0 Å². The lowest BCUT2D eigenvalue weighted by Crippen LogP contribution is -2.55. The van der Waals surface area contributed by atoms with E-state index in [-0.39, 0.29) is 11.7 Å². The minimum absolute atomic E-state index is 0.0472. The molecule has 1 amide bonds. The Morgan fingerprint density at radius 2 is 1.62 bits per heavy atom. The van der Waals surface area contributed by atoms with E-state index in [0.717, 1.165) is 23.4 Å². The van der Waals surface area contributed by atoms with Gasteiger partial charge in [0, 0.05) is 18.9 Å². The van der Waals surface area contributed by atoms with E-state index < -0.39 is 5.54 Å². The van der Waals surface area contributed by atoms with Gasteiger partial charge in [-0.25, -0.2) is 0 Å². The maximum atomic E-state index is 13.9. The number of para-hydroxylation sites is 1. The van der Waals surface area contributed by atoms with Crippen molar-refractivity contribution in [3.05, 3.63) is 95.6 Å².